The van der Waals surface area contributed by atoms with E-state index in [1.54, 1.807) is 18.2 Å². The van der Waals surface area contributed by atoms with Crippen molar-refractivity contribution in [3.8, 4) is 5.75 Å². The molecule has 0 spiro atoms. The van der Waals surface area contributed by atoms with E-state index in [2.05, 4.69) is 10.6 Å². The van der Waals surface area contributed by atoms with Crippen molar-refractivity contribution in [1.29, 1.82) is 0 Å². The highest BCUT2D eigenvalue weighted by Crippen LogP contribution is 2.23. The SMILES string of the molecule is COc1ccc(NC(=O)CN2CC(=O)NC(=O)C2)c(N)c1. The highest BCUT2D eigenvalue weighted by molar-refractivity contribution is 6.01. The van der Waals surface area contributed by atoms with Gasteiger partial charge in [0.15, 0.2) is 0 Å². The number of ether oxygens (including phenoxy) is 1. The summed E-state index contributed by atoms with van der Waals surface area (Å²) in [6.07, 6.45) is 0. The van der Waals surface area contributed by atoms with Crippen LogP contribution in [0.1, 0.15) is 0 Å². The number of nitrogen functional groups attached to an aromatic ring is 1. The number of nitrogens with one attached hydrogen (secondary N) is 2. The number of amides is 3. The Morgan fingerprint density at radius 2 is 2.05 bits per heavy atom. The Balaban J connectivity index is 1.95. The molecule has 1 heterocycles. The van der Waals surface area contributed by atoms with Gasteiger partial charge in [-0.05, 0) is 12.1 Å². The predicted octanol–water partition coefficient (Wildman–Crippen LogP) is -0.826. The van der Waals surface area contributed by atoms with Gasteiger partial charge in [0, 0.05) is 6.07 Å². The van der Waals surface area contributed by atoms with Crippen LogP contribution >= 0.6 is 0 Å². The van der Waals surface area contributed by atoms with Crippen LogP contribution in [0.25, 0.3) is 0 Å². The van der Waals surface area contributed by atoms with Crippen molar-refractivity contribution in [3.05, 3.63) is 18.2 Å². The van der Waals surface area contributed by atoms with Crippen LogP contribution < -0.4 is 21.1 Å². The van der Waals surface area contributed by atoms with Crippen LogP contribution in [-0.4, -0.2) is 49.4 Å². The molecule has 0 unspecified atom stereocenters. The molecule has 1 aromatic carbocycles. The van der Waals surface area contributed by atoms with E-state index >= 15 is 0 Å². The molecule has 1 aliphatic heterocycles. The molecule has 1 saturated heterocycles. The smallest absolute Gasteiger partial charge is 0.240 e. The third-order valence-corrected chi connectivity index (χ3v) is 2.91. The molecule has 0 atom stereocenters. The minimum atomic E-state index is -0.414. The van der Waals surface area contributed by atoms with Gasteiger partial charge in [0.2, 0.25) is 17.7 Å². The summed E-state index contributed by atoms with van der Waals surface area (Å²) in [5, 5.41) is 4.80. The summed E-state index contributed by atoms with van der Waals surface area (Å²) in [6.45, 7) is -0.0425. The largest absolute Gasteiger partial charge is 0.497 e. The van der Waals surface area contributed by atoms with Gasteiger partial charge in [-0.1, -0.05) is 0 Å². The molecule has 4 N–H and O–H groups in total. The van der Waals surface area contributed by atoms with E-state index in [-0.39, 0.29) is 25.5 Å². The maximum absolute atomic E-state index is 11.9. The number of hydrogen-bond acceptors (Lipinski definition) is 6. The highest BCUT2D eigenvalue weighted by atomic mass is 16.5. The minimum absolute atomic E-state index is 0.0112. The van der Waals surface area contributed by atoms with Crippen molar-refractivity contribution < 1.29 is 19.1 Å². The molecule has 2 rings (SSSR count). The Morgan fingerprint density at radius 3 is 2.62 bits per heavy atom. The van der Waals surface area contributed by atoms with E-state index in [0.717, 1.165) is 0 Å². The molecule has 8 nitrogen and oxygen atoms in total. The lowest BCUT2D eigenvalue weighted by Gasteiger charge is -2.24. The molecule has 1 aromatic rings. The molecule has 3 amide bonds. The third kappa shape index (κ3) is 3.93. The lowest BCUT2D eigenvalue weighted by atomic mass is 10.2. The van der Waals surface area contributed by atoms with E-state index in [9.17, 15) is 14.4 Å². The van der Waals surface area contributed by atoms with Gasteiger partial charge in [-0.3, -0.25) is 24.6 Å². The maximum Gasteiger partial charge on any atom is 0.240 e. The highest BCUT2D eigenvalue weighted by Gasteiger charge is 2.24. The summed E-state index contributed by atoms with van der Waals surface area (Å²) in [5.41, 5.74) is 6.62. The molecule has 0 bridgehead atoms. The number of imide groups is 1. The molecule has 0 radical (unpaired) electrons. The van der Waals surface area contributed by atoms with Gasteiger partial charge in [-0.25, -0.2) is 0 Å². The second-order valence-corrected chi connectivity index (χ2v) is 4.62. The van der Waals surface area contributed by atoms with Crippen molar-refractivity contribution in [2.75, 3.05) is 37.8 Å². The van der Waals surface area contributed by atoms with E-state index in [0.29, 0.717) is 17.1 Å². The Labute approximate surface area is 121 Å². The van der Waals surface area contributed by atoms with Crippen LogP contribution in [-0.2, 0) is 14.4 Å². The zero-order chi connectivity index (χ0) is 15.4. The van der Waals surface area contributed by atoms with E-state index in [1.165, 1.54) is 12.0 Å². The molecule has 1 aliphatic rings. The van der Waals surface area contributed by atoms with Gasteiger partial charge in [-0.2, -0.15) is 0 Å². The van der Waals surface area contributed by atoms with Crippen LogP contribution in [0.5, 0.6) is 5.75 Å². The maximum atomic E-state index is 11.9. The molecular weight excluding hydrogens is 276 g/mol. The summed E-state index contributed by atoms with van der Waals surface area (Å²) in [7, 11) is 1.52. The number of anilines is 2. The Morgan fingerprint density at radius 1 is 1.38 bits per heavy atom. The van der Waals surface area contributed by atoms with Crippen LogP contribution in [0.15, 0.2) is 18.2 Å². The van der Waals surface area contributed by atoms with Gasteiger partial charge in [0.25, 0.3) is 0 Å². The molecular formula is C13H16N4O4. The first-order valence-electron chi connectivity index (χ1n) is 6.26. The van der Waals surface area contributed by atoms with Gasteiger partial charge in [0.05, 0.1) is 38.1 Å². The lowest BCUT2D eigenvalue weighted by molar-refractivity contribution is -0.136. The van der Waals surface area contributed by atoms with E-state index in [4.69, 9.17) is 10.5 Å². The second kappa shape index (κ2) is 6.23. The molecule has 21 heavy (non-hydrogen) atoms. The standard InChI is InChI=1S/C13H16N4O4/c1-21-8-2-3-10(9(14)4-8)15-11(18)5-17-6-12(19)16-13(20)7-17/h2-4H,5-7,14H2,1H3,(H,15,18)(H,16,19,20). The Bertz CT molecular complexity index is 572. The second-order valence-electron chi connectivity index (χ2n) is 4.62. The monoisotopic (exact) mass is 292 g/mol. The fraction of sp³-hybridized carbons (Fsp3) is 0.308. The van der Waals surface area contributed by atoms with Gasteiger partial charge in [-0.15, -0.1) is 0 Å². The molecule has 0 aliphatic carbocycles. The predicted molar refractivity (Wildman–Crippen MR) is 75.6 cm³/mol. The van der Waals surface area contributed by atoms with Crippen LogP contribution in [0, 0.1) is 0 Å². The summed E-state index contributed by atoms with van der Waals surface area (Å²) in [5.74, 6) is -0.593. The van der Waals surface area contributed by atoms with Gasteiger partial charge in [0.1, 0.15) is 5.75 Å². The van der Waals surface area contributed by atoms with Crippen molar-refractivity contribution >= 4 is 29.1 Å². The average Bonchev–Trinajstić information content (AvgIpc) is 2.39. The average molecular weight is 292 g/mol. The van der Waals surface area contributed by atoms with E-state index in [1.807, 2.05) is 0 Å². The van der Waals surface area contributed by atoms with Crippen LogP contribution in [0.2, 0.25) is 0 Å². The fourth-order valence-electron chi connectivity index (χ4n) is 1.98. The summed E-state index contributed by atoms with van der Waals surface area (Å²) >= 11 is 0. The summed E-state index contributed by atoms with van der Waals surface area (Å²) in [6, 6.07) is 4.89. The summed E-state index contributed by atoms with van der Waals surface area (Å²) < 4.78 is 5.02. The normalized spacial score (nSPS) is 15.5. The topological polar surface area (TPSA) is 114 Å². The van der Waals surface area contributed by atoms with Crippen molar-refractivity contribution in [2.24, 2.45) is 0 Å². The minimum Gasteiger partial charge on any atom is -0.497 e. The first-order chi connectivity index (χ1) is 9.97. The van der Waals surface area contributed by atoms with Crippen LogP contribution in [0.4, 0.5) is 11.4 Å². The van der Waals surface area contributed by atoms with Crippen LogP contribution in [0.3, 0.4) is 0 Å². The number of carbonyl (C=O) groups is 3. The zero-order valence-corrected chi connectivity index (χ0v) is 11.5. The molecule has 1 fully saturated rings. The number of carbonyl (C=O) groups excluding carboxylic acids is 3. The summed E-state index contributed by atoms with van der Waals surface area (Å²) in [4.78, 5) is 35.8. The Kier molecular flexibility index (Phi) is 4.39. The quantitative estimate of drug-likeness (QED) is 0.493. The van der Waals surface area contributed by atoms with Crippen molar-refractivity contribution in [3.63, 3.8) is 0 Å². The molecule has 0 aromatic heterocycles. The first kappa shape index (κ1) is 14.8. The first-order valence-corrected chi connectivity index (χ1v) is 6.26. The van der Waals surface area contributed by atoms with Gasteiger partial charge < -0.3 is 15.8 Å². The van der Waals surface area contributed by atoms with Gasteiger partial charge >= 0.3 is 0 Å². The Hall–Kier alpha value is -2.61. The lowest BCUT2D eigenvalue weighted by Crippen LogP contribution is -2.53. The van der Waals surface area contributed by atoms with E-state index < -0.39 is 11.8 Å². The number of piperazine rings is 1. The number of rotatable bonds is 4. The fourth-order valence-corrected chi connectivity index (χ4v) is 1.98. The van der Waals surface area contributed by atoms with Crippen molar-refractivity contribution in [1.82, 2.24) is 10.2 Å². The number of hydrogen-bond donors (Lipinski definition) is 3. The number of nitrogens with two attached hydrogens (primary N) is 1. The molecule has 8 heteroatoms. The zero-order valence-electron chi connectivity index (χ0n) is 11.5. The molecule has 112 valence electrons. The van der Waals surface area contributed by atoms with Crippen molar-refractivity contribution in [2.45, 2.75) is 0 Å². The number of nitrogens with zero attached hydrogens (tertiary/aromatic N) is 1. The third-order valence-electron chi connectivity index (χ3n) is 2.91. The number of methoxy groups -OCH3 is 1. The number of benzene rings is 1. The molecule has 0 saturated carbocycles.